The van der Waals surface area contributed by atoms with E-state index in [9.17, 15) is 9.59 Å². The van der Waals surface area contributed by atoms with Crippen LogP contribution in [-0.4, -0.2) is 16.7 Å². The van der Waals surface area contributed by atoms with Crippen LogP contribution in [0.5, 0.6) is 0 Å². The summed E-state index contributed by atoms with van der Waals surface area (Å²) in [7, 11) is 0. The first-order chi connectivity index (χ1) is 12.1. The average molecular weight is 371 g/mol. The minimum Gasteiger partial charge on any atom is -0.326 e. The normalized spacial score (nSPS) is 10.4. The van der Waals surface area contributed by atoms with Crippen molar-refractivity contribution in [2.24, 2.45) is 0 Å². The lowest BCUT2D eigenvalue weighted by Crippen LogP contribution is -2.13. The fourth-order valence-electron chi connectivity index (χ4n) is 2.32. The van der Waals surface area contributed by atoms with Crippen LogP contribution in [0.3, 0.4) is 0 Å². The van der Waals surface area contributed by atoms with Crippen LogP contribution in [0.15, 0.2) is 60.1 Å². The van der Waals surface area contributed by atoms with Gasteiger partial charge in [-0.05, 0) is 36.4 Å². The van der Waals surface area contributed by atoms with E-state index in [1.165, 1.54) is 0 Å². The molecule has 0 radical (unpaired) electrons. The van der Waals surface area contributed by atoms with Crippen molar-refractivity contribution in [1.29, 1.82) is 0 Å². The molecule has 0 aliphatic heterocycles. The van der Waals surface area contributed by atoms with E-state index in [2.05, 4.69) is 10.3 Å². The van der Waals surface area contributed by atoms with Crippen LogP contribution in [0.2, 0.25) is 5.02 Å². The number of halogens is 1. The molecule has 0 fully saturated rings. The number of hydrogen-bond donors (Lipinski definition) is 1. The van der Waals surface area contributed by atoms with Gasteiger partial charge < -0.3 is 5.32 Å². The lowest BCUT2D eigenvalue weighted by Gasteiger charge is -2.06. The SMILES string of the molecule is O=C(CCC(=O)c1cccc(Cl)c1)Nc1ccc(-c2nccs2)cc1. The second kappa shape index (κ2) is 8.05. The zero-order valence-corrected chi connectivity index (χ0v) is 14.8. The zero-order chi connectivity index (χ0) is 17.6. The molecule has 0 aliphatic carbocycles. The summed E-state index contributed by atoms with van der Waals surface area (Å²) in [6.07, 6.45) is 2.02. The van der Waals surface area contributed by atoms with Gasteiger partial charge in [-0.15, -0.1) is 11.3 Å². The summed E-state index contributed by atoms with van der Waals surface area (Å²) < 4.78 is 0. The second-order valence-corrected chi connectivity index (χ2v) is 6.73. The summed E-state index contributed by atoms with van der Waals surface area (Å²) in [5, 5.41) is 6.16. The number of amides is 1. The minimum atomic E-state index is -0.197. The highest BCUT2D eigenvalue weighted by atomic mass is 35.5. The van der Waals surface area contributed by atoms with Crippen molar-refractivity contribution in [2.75, 3.05) is 5.32 Å². The molecule has 2 aromatic carbocycles. The third-order valence-electron chi connectivity index (χ3n) is 3.57. The van der Waals surface area contributed by atoms with Gasteiger partial charge in [0.15, 0.2) is 5.78 Å². The summed E-state index contributed by atoms with van der Waals surface area (Å²) in [4.78, 5) is 28.4. The second-order valence-electron chi connectivity index (χ2n) is 5.40. The molecule has 0 atom stereocenters. The summed E-state index contributed by atoms with van der Waals surface area (Å²) in [6.45, 7) is 0. The van der Waals surface area contributed by atoms with E-state index in [4.69, 9.17) is 11.6 Å². The molecule has 25 heavy (non-hydrogen) atoms. The molecule has 126 valence electrons. The third kappa shape index (κ3) is 4.75. The van der Waals surface area contributed by atoms with Crippen molar-refractivity contribution in [1.82, 2.24) is 4.98 Å². The Bertz CT molecular complexity index is 877. The van der Waals surface area contributed by atoms with Gasteiger partial charge in [0.2, 0.25) is 5.91 Å². The first kappa shape index (κ1) is 17.3. The summed E-state index contributed by atoms with van der Waals surface area (Å²) >= 11 is 7.43. The Balaban J connectivity index is 1.53. The Morgan fingerprint density at radius 3 is 2.56 bits per heavy atom. The predicted octanol–water partition coefficient (Wildman–Crippen LogP) is 5.07. The molecule has 0 aliphatic rings. The Labute approximate surface area is 154 Å². The first-order valence-corrected chi connectivity index (χ1v) is 8.96. The highest BCUT2D eigenvalue weighted by Gasteiger charge is 2.10. The molecule has 0 bridgehead atoms. The number of rotatable bonds is 6. The monoisotopic (exact) mass is 370 g/mol. The smallest absolute Gasteiger partial charge is 0.224 e. The van der Waals surface area contributed by atoms with Crippen LogP contribution in [0.1, 0.15) is 23.2 Å². The van der Waals surface area contributed by atoms with Crippen molar-refractivity contribution in [3.05, 3.63) is 70.7 Å². The number of carbonyl (C=O) groups excluding carboxylic acids is 2. The first-order valence-electron chi connectivity index (χ1n) is 7.70. The van der Waals surface area contributed by atoms with Gasteiger partial charge in [0.1, 0.15) is 5.01 Å². The Morgan fingerprint density at radius 1 is 1.08 bits per heavy atom. The number of thiazole rings is 1. The molecule has 1 heterocycles. The van der Waals surface area contributed by atoms with E-state index in [0.717, 1.165) is 10.6 Å². The molecule has 3 aromatic rings. The van der Waals surface area contributed by atoms with Crippen molar-refractivity contribution < 1.29 is 9.59 Å². The van der Waals surface area contributed by atoms with E-state index < -0.39 is 0 Å². The number of nitrogens with zero attached hydrogens (tertiary/aromatic N) is 1. The molecule has 0 saturated carbocycles. The van der Waals surface area contributed by atoms with Crippen LogP contribution in [0.4, 0.5) is 5.69 Å². The highest BCUT2D eigenvalue weighted by molar-refractivity contribution is 7.13. The fourth-order valence-corrected chi connectivity index (χ4v) is 3.15. The maximum atomic E-state index is 12.1. The molecule has 0 unspecified atom stereocenters. The average Bonchev–Trinajstić information content (AvgIpc) is 3.15. The maximum absolute atomic E-state index is 12.1. The quantitative estimate of drug-likeness (QED) is 0.616. The molecule has 3 rings (SSSR count). The van der Waals surface area contributed by atoms with Gasteiger partial charge in [-0.3, -0.25) is 9.59 Å². The highest BCUT2D eigenvalue weighted by Crippen LogP contribution is 2.23. The summed E-state index contributed by atoms with van der Waals surface area (Å²) in [6, 6.07) is 14.2. The molecule has 4 nitrogen and oxygen atoms in total. The maximum Gasteiger partial charge on any atom is 0.224 e. The fraction of sp³-hybridized carbons (Fsp3) is 0.105. The van der Waals surface area contributed by atoms with Crippen LogP contribution < -0.4 is 5.32 Å². The van der Waals surface area contributed by atoms with E-state index in [1.54, 1.807) is 41.8 Å². The Morgan fingerprint density at radius 2 is 1.88 bits per heavy atom. The number of hydrogen-bond acceptors (Lipinski definition) is 4. The van der Waals surface area contributed by atoms with E-state index >= 15 is 0 Å². The topological polar surface area (TPSA) is 59.1 Å². The van der Waals surface area contributed by atoms with Gasteiger partial charge in [-0.25, -0.2) is 4.98 Å². The number of benzene rings is 2. The summed E-state index contributed by atoms with van der Waals surface area (Å²) in [5.41, 5.74) is 2.22. The molecule has 0 saturated heterocycles. The van der Waals surface area contributed by atoms with E-state index in [0.29, 0.717) is 16.3 Å². The molecule has 0 spiro atoms. The van der Waals surface area contributed by atoms with Gasteiger partial charge in [0.05, 0.1) is 0 Å². The van der Waals surface area contributed by atoms with Gasteiger partial charge >= 0.3 is 0 Å². The molecule has 1 amide bonds. The van der Waals surface area contributed by atoms with Gasteiger partial charge in [-0.2, -0.15) is 0 Å². The molecule has 1 aromatic heterocycles. The Hall–Kier alpha value is -2.50. The van der Waals surface area contributed by atoms with Crippen LogP contribution in [0.25, 0.3) is 10.6 Å². The van der Waals surface area contributed by atoms with Gasteiger partial charge in [-0.1, -0.05) is 23.7 Å². The number of aromatic nitrogens is 1. The van der Waals surface area contributed by atoms with Crippen LogP contribution in [0, 0.1) is 0 Å². The number of ketones is 1. The number of carbonyl (C=O) groups is 2. The predicted molar refractivity (Wildman–Crippen MR) is 101 cm³/mol. The molecule has 6 heteroatoms. The van der Waals surface area contributed by atoms with Gasteiger partial charge in [0, 0.05) is 46.3 Å². The molecular formula is C19H15ClN2O2S. The summed E-state index contributed by atoms with van der Waals surface area (Å²) in [5.74, 6) is -0.297. The van der Waals surface area contributed by atoms with Crippen molar-refractivity contribution in [3.8, 4) is 10.6 Å². The van der Waals surface area contributed by atoms with Crippen molar-refractivity contribution >= 4 is 40.3 Å². The molecule has 1 N–H and O–H groups in total. The van der Waals surface area contributed by atoms with Crippen molar-refractivity contribution in [3.63, 3.8) is 0 Å². The van der Waals surface area contributed by atoms with E-state index in [1.807, 2.05) is 29.6 Å². The van der Waals surface area contributed by atoms with Crippen LogP contribution >= 0.6 is 22.9 Å². The lowest BCUT2D eigenvalue weighted by molar-refractivity contribution is -0.116. The number of nitrogens with one attached hydrogen (secondary N) is 1. The largest absolute Gasteiger partial charge is 0.326 e. The lowest BCUT2D eigenvalue weighted by atomic mass is 10.1. The minimum absolute atomic E-state index is 0.100. The molecular weight excluding hydrogens is 356 g/mol. The Kier molecular flexibility index (Phi) is 5.58. The van der Waals surface area contributed by atoms with Crippen LogP contribution in [-0.2, 0) is 4.79 Å². The van der Waals surface area contributed by atoms with Gasteiger partial charge in [0.25, 0.3) is 0 Å². The standard InChI is InChI=1S/C19H15ClN2O2S/c20-15-3-1-2-14(12-15)17(23)8-9-18(24)22-16-6-4-13(5-7-16)19-21-10-11-25-19/h1-7,10-12H,8-9H2,(H,22,24). The third-order valence-corrected chi connectivity index (χ3v) is 4.63. The van der Waals surface area contributed by atoms with Crippen molar-refractivity contribution in [2.45, 2.75) is 12.8 Å². The van der Waals surface area contributed by atoms with E-state index in [-0.39, 0.29) is 24.5 Å². The number of Topliss-reactive ketones (excluding diaryl/α,β-unsaturated/α-hetero) is 1. The number of anilines is 1. The zero-order valence-electron chi connectivity index (χ0n) is 13.2.